The maximum absolute atomic E-state index is 13.6. The molecule has 4 rings (SSSR count). The van der Waals surface area contributed by atoms with Gasteiger partial charge in [0.2, 0.25) is 0 Å². The van der Waals surface area contributed by atoms with Crippen LogP contribution in [0.3, 0.4) is 0 Å². The molecule has 0 aliphatic heterocycles. The van der Waals surface area contributed by atoms with E-state index >= 15 is 0 Å². The van der Waals surface area contributed by atoms with E-state index in [1.807, 2.05) is 91.0 Å². The highest BCUT2D eigenvalue weighted by Crippen LogP contribution is 2.37. The Labute approximate surface area is 184 Å². The van der Waals surface area contributed by atoms with E-state index in [2.05, 4.69) is 21.2 Å². The van der Waals surface area contributed by atoms with E-state index in [1.54, 1.807) is 18.2 Å². The molecule has 0 heterocycles. The van der Waals surface area contributed by atoms with Crippen LogP contribution < -0.4 is 11.1 Å². The monoisotopic (exact) mass is 456 g/mol. The van der Waals surface area contributed by atoms with Crippen LogP contribution >= 0.6 is 15.9 Å². The zero-order valence-electron chi connectivity index (χ0n) is 16.3. The molecule has 0 saturated heterocycles. The minimum atomic E-state index is -0.870. The second-order valence-corrected chi connectivity index (χ2v) is 7.90. The molecule has 0 bridgehead atoms. The number of nitrogen functional groups attached to an aromatic ring is 1. The fourth-order valence-corrected chi connectivity index (χ4v) is 4.16. The van der Waals surface area contributed by atoms with E-state index in [1.165, 1.54) is 0 Å². The van der Waals surface area contributed by atoms with Crippen molar-refractivity contribution < 1.29 is 4.79 Å². The van der Waals surface area contributed by atoms with Gasteiger partial charge in [-0.1, -0.05) is 91.0 Å². The predicted molar refractivity (Wildman–Crippen MR) is 125 cm³/mol. The van der Waals surface area contributed by atoms with Crippen LogP contribution in [0.2, 0.25) is 0 Å². The van der Waals surface area contributed by atoms with Crippen LogP contribution in [0.25, 0.3) is 0 Å². The molecular formula is C26H21BrN2O. The third-order valence-electron chi connectivity index (χ3n) is 5.16. The number of benzene rings is 4. The molecular weight excluding hydrogens is 436 g/mol. The van der Waals surface area contributed by atoms with E-state index < -0.39 is 5.54 Å². The third-order valence-corrected chi connectivity index (χ3v) is 5.85. The van der Waals surface area contributed by atoms with Crippen molar-refractivity contribution in [1.29, 1.82) is 0 Å². The van der Waals surface area contributed by atoms with Gasteiger partial charge in [-0.25, -0.2) is 0 Å². The van der Waals surface area contributed by atoms with Crippen LogP contribution in [0.4, 0.5) is 5.69 Å². The lowest BCUT2D eigenvalue weighted by Crippen LogP contribution is -2.48. The van der Waals surface area contributed by atoms with Crippen LogP contribution in [0.5, 0.6) is 0 Å². The molecule has 4 aromatic carbocycles. The molecule has 0 aliphatic carbocycles. The molecule has 0 aromatic heterocycles. The van der Waals surface area contributed by atoms with Crippen molar-refractivity contribution >= 4 is 27.5 Å². The lowest BCUT2D eigenvalue weighted by molar-refractivity contribution is 0.0924. The summed E-state index contributed by atoms with van der Waals surface area (Å²) in [5.41, 5.74) is 9.02. The second-order valence-electron chi connectivity index (χ2n) is 7.04. The summed E-state index contributed by atoms with van der Waals surface area (Å²) in [5, 5.41) is 3.34. The van der Waals surface area contributed by atoms with Gasteiger partial charge in [-0.15, -0.1) is 0 Å². The maximum Gasteiger partial charge on any atom is 0.253 e. The summed E-state index contributed by atoms with van der Waals surface area (Å²) in [6.45, 7) is 0. The predicted octanol–water partition coefficient (Wildman–Crippen LogP) is 5.75. The van der Waals surface area contributed by atoms with Crippen molar-refractivity contribution in [2.75, 3.05) is 5.73 Å². The molecule has 3 nitrogen and oxygen atoms in total. The van der Waals surface area contributed by atoms with Crippen LogP contribution in [0.1, 0.15) is 27.0 Å². The number of nitrogens with one attached hydrogen (secondary N) is 1. The zero-order chi connectivity index (χ0) is 21.0. The van der Waals surface area contributed by atoms with E-state index in [9.17, 15) is 4.79 Å². The Hall–Kier alpha value is -3.37. The van der Waals surface area contributed by atoms with Crippen molar-refractivity contribution in [2.24, 2.45) is 0 Å². The zero-order valence-corrected chi connectivity index (χ0v) is 17.8. The highest BCUT2D eigenvalue weighted by Gasteiger charge is 2.38. The largest absolute Gasteiger partial charge is 0.399 e. The summed E-state index contributed by atoms with van der Waals surface area (Å²) < 4.78 is 0.692. The number of amides is 1. The number of hydrogen-bond donors (Lipinski definition) is 2. The van der Waals surface area contributed by atoms with Crippen molar-refractivity contribution in [2.45, 2.75) is 5.54 Å². The first-order valence-electron chi connectivity index (χ1n) is 9.65. The molecule has 4 heteroatoms. The molecule has 0 unspecified atom stereocenters. The van der Waals surface area contributed by atoms with Crippen LogP contribution in [0.15, 0.2) is 114 Å². The van der Waals surface area contributed by atoms with Gasteiger partial charge in [0.25, 0.3) is 5.91 Å². The number of rotatable bonds is 5. The summed E-state index contributed by atoms with van der Waals surface area (Å²) in [6, 6.07) is 35.3. The summed E-state index contributed by atoms with van der Waals surface area (Å²) in [5.74, 6) is -0.217. The molecule has 4 aromatic rings. The second kappa shape index (κ2) is 8.56. The molecule has 0 spiro atoms. The molecule has 0 atom stereocenters. The molecule has 1 amide bonds. The third kappa shape index (κ3) is 3.74. The van der Waals surface area contributed by atoms with Crippen LogP contribution in [-0.4, -0.2) is 5.91 Å². The lowest BCUT2D eigenvalue weighted by atomic mass is 9.77. The number of anilines is 1. The van der Waals surface area contributed by atoms with Gasteiger partial charge in [-0.3, -0.25) is 4.79 Å². The SMILES string of the molecule is Nc1ccc(Br)c(C(=O)NC(c2ccccc2)(c2ccccc2)c2ccccc2)c1. The van der Waals surface area contributed by atoms with Gasteiger partial charge in [-0.05, 0) is 50.8 Å². The van der Waals surface area contributed by atoms with Crippen molar-refractivity contribution in [1.82, 2.24) is 5.32 Å². The van der Waals surface area contributed by atoms with Gasteiger partial charge in [0.15, 0.2) is 0 Å². The molecule has 3 N–H and O–H groups in total. The number of carbonyl (C=O) groups excluding carboxylic acids is 1. The maximum atomic E-state index is 13.6. The van der Waals surface area contributed by atoms with E-state index in [4.69, 9.17) is 5.73 Å². The fourth-order valence-electron chi connectivity index (χ4n) is 3.74. The Balaban J connectivity index is 1.95. The van der Waals surface area contributed by atoms with E-state index in [0.717, 1.165) is 16.7 Å². The highest BCUT2D eigenvalue weighted by molar-refractivity contribution is 9.10. The van der Waals surface area contributed by atoms with Crippen molar-refractivity contribution in [3.63, 3.8) is 0 Å². The van der Waals surface area contributed by atoms with Gasteiger partial charge in [0.1, 0.15) is 5.54 Å². The Morgan fingerprint density at radius 2 is 1.13 bits per heavy atom. The smallest absolute Gasteiger partial charge is 0.253 e. The summed E-state index contributed by atoms with van der Waals surface area (Å²) in [6.07, 6.45) is 0. The number of nitrogens with two attached hydrogens (primary N) is 1. The number of carbonyl (C=O) groups is 1. The topological polar surface area (TPSA) is 55.1 Å². The minimum absolute atomic E-state index is 0.217. The van der Waals surface area contributed by atoms with Crippen LogP contribution in [-0.2, 0) is 5.54 Å². The Morgan fingerprint density at radius 1 is 0.700 bits per heavy atom. The first kappa shape index (κ1) is 19.9. The summed E-state index contributed by atoms with van der Waals surface area (Å²) in [7, 11) is 0. The first-order chi connectivity index (χ1) is 14.6. The summed E-state index contributed by atoms with van der Waals surface area (Å²) >= 11 is 3.49. The Kier molecular flexibility index (Phi) is 5.68. The fraction of sp³-hybridized carbons (Fsp3) is 0.0385. The van der Waals surface area contributed by atoms with Gasteiger partial charge in [-0.2, -0.15) is 0 Å². The number of halogens is 1. The van der Waals surface area contributed by atoms with E-state index in [-0.39, 0.29) is 5.91 Å². The molecule has 30 heavy (non-hydrogen) atoms. The molecule has 0 aliphatic rings. The van der Waals surface area contributed by atoms with Gasteiger partial charge < -0.3 is 11.1 Å². The number of hydrogen-bond acceptors (Lipinski definition) is 2. The lowest BCUT2D eigenvalue weighted by Gasteiger charge is -2.37. The normalized spacial score (nSPS) is 11.1. The average Bonchev–Trinajstić information content (AvgIpc) is 2.80. The average molecular weight is 457 g/mol. The Bertz CT molecular complexity index is 1050. The molecule has 0 radical (unpaired) electrons. The molecule has 148 valence electrons. The molecule has 0 fully saturated rings. The van der Waals surface area contributed by atoms with Gasteiger partial charge in [0.05, 0.1) is 5.56 Å². The minimum Gasteiger partial charge on any atom is -0.399 e. The van der Waals surface area contributed by atoms with Crippen molar-refractivity contribution in [3.05, 3.63) is 136 Å². The van der Waals surface area contributed by atoms with Crippen molar-refractivity contribution in [3.8, 4) is 0 Å². The molecule has 0 saturated carbocycles. The Morgan fingerprint density at radius 3 is 1.57 bits per heavy atom. The summed E-state index contributed by atoms with van der Waals surface area (Å²) in [4.78, 5) is 13.6. The first-order valence-corrected chi connectivity index (χ1v) is 10.4. The standard InChI is InChI=1S/C26H21BrN2O/c27-24-17-16-22(28)18-23(24)25(30)29-26(19-10-4-1-5-11-19,20-12-6-2-7-13-20)21-14-8-3-9-15-21/h1-18H,28H2,(H,29,30). The highest BCUT2D eigenvalue weighted by atomic mass is 79.9. The van der Waals surface area contributed by atoms with Crippen LogP contribution in [0, 0.1) is 0 Å². The van der Waals surface area contributed by atoms with Gasteiger partial charge in [0, 0.05) is 10.2 Å². The van der Waals surface area contributed by atoms with Gasteiger partial charge >= 0.3 is 0 Å². The quantitative estimate of drug-likeness (QED) is 0.296. The van der Waals surface area contributed by atoms with E-state index in [0.29, 0.717) is 15.7 Å².